The van der Waals surface area contributed by atoms with E-state index in [4.69, 9.17) is 0 Å². The molecular formula is C20H27NS. The van der Waals surface area contributed by atoms with E-state index in [1.165, 1.54) is 23.1 Å². The number of thiol groups is 1. The zero-order valence-corrected chi connectivity index (χ0v) is 14.7. The highest BCUT2D eigenvalue weighted by Crippen LogP contribution is 2.41. The fourth-order valence-electron chi connectivity index (χ4n) is 2.96. The van der Waals surface area contributed by atoms with Gasteiger partial charge in [-0.2, -0.15) is 0 Å². The highest BCUT2D eigenvalue weighted by Gasteiger charge is 2.26. The Morgan fingerprint density at radius 2 is 1.41 bits per heavy atom. The van der Waals surface area contributed by atoms with Crippen LogP contribution >= 0.6 is 12.8 Å². The Hall–Kier alpha value is -1.25. The quantitative estimate of drug-likeness (QED) is 0.673. The van der Waals surface area contributed by atoms with Crippen molar-refractivity contribution in [2.45, 2.75) is 45.6 Å². The summed E-state index contributed by atoms with van der Waals surface area (Å²) >= 11 is 4.26. The molecule has 0 radical (unpaired) electrons. The van der Waals surface area contributed by atoms with Crippen molar-refractivity contribution >= 4 is 12.8 Å². The molecule has 0 aromatic heterocycles. The highest BCUT2D eigenvalue weighted by atomic mass is 32.1. The van der Waals surface area contributed by atoms with Crippen LogP contribution in [-0.2, 0) is 0 Å². The second kappa shape index (κ2) is 8.40. The lowest BCUT2D eigenvalue weighted by Crippen LogP contribution is -2.21. The zero-order chi connectivity index (χ0) is 15.9. The Bertz CT molecular complexity index is 562. The predicted molar refractivity (Wildman–Crippen MR) is 99.3 cm³/mol. The first-order chi connectivity index (χ1) is 10.6. The average molecular weight is 314 g/mol. The van der Waals surface area contributed by atoms with Gasteiger partial charge in [0.05, 0.1) is 0 Å². The summed E-state index contributed by atoms with van der Waals surface area (Å²) in [5.41, 5.74) is 4.26. The van der Waals surface area contributed by atoms with E-state index in [0.717, 1.165) is 12.3 Å². The summed E-state index contributed by atoms with van der Waals surface area (Å²) in [7, 11) is 0. The molecule has 1 N–H and O–H groups in total. The van der Waals surface area contributed by atoms with E-state index in [1.54, 1.807) is 0 Å². The van der Waals surface area contributed by atoms with Crippen molar-refractivity contribution in [1.29, 1.82) is 0 Å². The molecule has 2 heteroatoms. The molecule has 2 aromatic rings. The van der Waals surface area contributed by atoms with Crippen molar-refractivity contribution in [2.24, 2.45) is 5.92 Å². The van der Waals surface area contributed by atoms with Gasteiger partial charge in [-0.3, -0.25) is 4.72 Å². The molecule has 0 saturated carbocycles. The number of fused-ring (bicyclic) bond motifs is 1. The maximum absolute atomic E-state index is 4.26. The maximum atomic E-state index is 4.26. The average Bonchev–Trinajstić information content (AvgIpc) is 2.54. The third kappa shape index (κ3) is 4.37. The summed E-state index contributed by atoms with van der Waals surface area (Å²) in [6, 6.07) is 19.9. The van der Waals surface area contributed by atoms with Crippen molar-refractivity contribution in [3.8, 4) is 0 Å². The predicted octanol–water partition coefficient (Wildman–Crippen LogP) is 5.75. The summed E-state index contributed by atoms with van der Waals surface area (Å²) in [4.78, 5) is 0. The molecule has 0 fully saturated rings. The lowest BCUT2D eigenvalue weighted by molar-refractivity contribution is 0.510. The maximum Gasteiger partial charge on any atom is 0.0422 e. The molecular weight excluding hydrogens is 286 g/mol. The zero-order valence-electron chi connectivity index (χ0n) is 13.8. The lowest BCUT2D eigenvalue weighted by atomic mass is 9.77. The van der Waals surface area contributed by atoms with E-state index < -0.39 is 0 Å². The first kappa shape index (κ1) is 17.1. The molecule has 0 aliphatic heterocycles. The van der Waals surface area contributed by atoms with Crippen molar-refractivity contribution < 1.29 is 0 Å². The topological polar surface area (TPSA) is 12.0 Å². The number of benzene rings is 2. The van der Waals surface area contributed by atoms with Crippen LogP contribution in [0.15, 0.2) is 54.6 Å². The molecule has 22 heavy (non-hydrogen) atoms. The van der Waals surface area contributed by atoms with Crippen LogP contribution in [0.1, 0.15) is 62.3 Å². The monoisotopic (exact) mass is 313 g/mol. The summed E-state index contributed by atoms with van der Waals surface area (Å²) < 4.78 is 3.13. The summed E-state index contributed by atoms with van der Waals surface area (Å²) in [6.45, 7) is 6.50. The Morgan fingerprint density at radius 1 is 0.864 bits per heavy atom. The molecule has 0 spiro atoms. The van der Waals surface area contributed by atoms with Gasteiger partial charge in [-0.05, 0) is 35.4 Å². The van der Waals surface area contributed by atoms with E-state index in [1.807, 2.05) is 0 Å². The fraction of sp³-hybridized carbons (Fsp3) is 0.400. The minimum Gasteiger partial charge on any atom is -0.259 e. The van der Waals surface area contributed by atoms with Crippen LogP contribution in [0.25, 0.3) is 0 Å². The number of nitrogens with one attached hydrogen (secondary N) is 1. The van der Waals surface area contributed by atoms with E-state index in [-0.39, 0.29) is 0 Å². The minimum atomic E-state index is 0.379. The molecule has 0 amide bonds. The third-order valence-corrected chi connectivity index (χ3v) is 4.16. The second-order valence-corrected chi connectivity index (χ2v) is 6.84. The molecule has 0 bridgehead atoms. The van der Waals surface area contributed by atoms with Crippen molar-refractivity contribution in [3.63, 3.8) is 0 Å². The molecule has 3 rings (SSSR count). The van der Waals surface area contributed by atoms with Crippen LogP contribution in [-0.4, -0.2) is 0 Å². The third-order valence-electron chi connectivity index (χ3n) is 3.85. The van der Waals surface area contributed by atoms with Crippen LogP contribution < -0.4 is 4.72 Å². The second-order valence-electron chi connectivity index (χ2n) is 6.58. The van der Waals surface area contributed by atoms with Gasteiger partial charge in [0.15, 0.2) is 0 Å². The Morgan fingerprint density at radius 3 is 2.00 bits per heavy atom. The largest absolute Gasteiger partial charge is 0.259 e. The van der Waals surface area contributed by atoms with Gasteiger partial charge >= 0.3 is 0 Å². The molecule has 118 valence electrons. The van der Waals surface area contributed by atoms with Gasteiger partial charge in [-0.1, -0.05) is 88.2 Å². The molecule has 1 aliphatic carbocycles. The van der Waals surface area contributed by atoms with Gasteiger partial charge in [0.2, 0.25) is 0 Å². The first-order valence-corrected chi connectivity index (χ1v) is 8.61. The van der Waals surface area contributed by atoms with Crippen LogP contribution in [0.2, 0.25) is 0 Å². The van der Waals surface area contributed by atoms with Gasteiger partial charge in [0.1, 0.15) is 0 Å². The molecule has 0 heterocycles. The normalized spacial score (nSPS) is 20.0. The van der Waals surface area contributed by atoms with E-state index in [0.29, 0.717) is 12.0 Å². The Labute approximate surface area is 140 Å². The molecule has 0 saturated heterocycles. The lowest BCUT2D eigenvalue weighted by Gasteiger charge is -2.31. The fourth-order valence-corrected chi connectivity index (χ4v) is 3.22. The van der Waals surface area contributed by atoms with Crippen LogP contribution in [0.4, 0.5) is 0 Å². The van der Waals surface area contributed by atoms with Crippen LogP contribution in [0.3, 0.4) is 0 Å². The summed E-state index contributed by atoms with van der Waals surface area (Å²) in [5, 5.41) is 0. The van der Waals surface area contributed by atoms with Crippen molar-refractivity contribution in [2.75, 3.05) is 0 Å². The standard InChI is InChI=1S/C16H17NS.C4H10/c18-17-16-11-10-13(12-6-2-1-3-7-12)14-8-4-5-9-15(14)16;1-4(2)3/h1-9,13,16-18H,10-11H2;4H,1-3H3. The van der Waals surface area contributed by atoms with Crippen LogP contribution in [0, 0.1) is 5.92 Å². The van der Waals surface area contributed by atoms with E-state index >= 15 is 0 Å². The minimum absolute atomic E-state index is 0.379. The van der Waals surface area contributed by atoms with Gasteiger partial charge in [-0.15, -0.1) is 0 Å². The van der Waals surface area contributed by atoms with Gasteiger partial charge in [0, 0.05) is 12.0 Å². The SMILES string of the molecule is CC(C)C.SNC1CCC(c2ccccc2)c2ccccc21. The van der Waals surface area contributed by atoms with Crippen molar-refractivity contribution in [3.05, 3.63) is 71.3 Å². The van der Waals surface area contributed by atoms with E-state index in [9.17, 15) is 0 Å². The number of hydrogen-bond donors (Lipinski definition) is 2. The van der Waals surface area contributed by atoms with Gasteiger partial charge in [-0.25, -0.2) is 0 Å². The van der Waals surface area contributed by atoms with E-state index in [2.05, 4.69) is 92.9 Å². The highest BCUT2D eigenvalue weighted by molar-refractivity contribution is 7.78. The molecule has 2 atom stereocenters. The molecule has 1 nitrogen and oxygen atoms in total. The Kier molecular flexibility index (Phi) is 6.53. The summed E-state index contributed by atoms with van der Waals surface area (Å²) in [6.07, 6.45) is 2.32. The molecule has 2 unspecified atom stereocenters. The van der Waals surface area contributed by atoms with Gasteiger partial charge in [0.25, 0.3) is 0 Å². The van der Waals surface area contributed by atoms with Crippen LogP contribution in [0.5, 0.6) is 0 Å². The van der Waals surface area contributed by atoms with Crippen molar-refractivity contribution in [1.82, 2.24) is 4.72 Å². The molecule has 2 aromatic carbocycles. The first-order valence-electron chi connectivity index (χ1n) is 8.16. The smallest absolute Gasteiger partial charge is 0.0422 e. The van der Waals surface area contributed by atoms with Gasteiger partial charge < -0.3 is 0 Å². The summed E-state index contributed by atoms with van der Waals surface area (Å²) in [5.74, 6) is 1.36. The number of hydrogen-bond acceptors (Lipinski definition) is 2. The molecule has 1 aliphatic rings. The number of rotatable bonds is 2. The Balaban J connectivity index is 0.000000396.